The van der Waals surface area contributed by atoms with Crippen molar-refractivity contribution in [2.75, 3.05) is 7.05 Å². The van der Waals surface area contributed by atoms with Gasteiger partial charge < -0.3 is 14.2 Å². The fourth-order valence-corrected chi connectivity index (χ4v) is 4.09. The quantitative estimate of drug-likeness (QED) is 0.809. The van der Waals surface area contributed by atoms with E-state index in [-0.39, 0.29) is 9.56 Å². The predicted molar refractivity (Wildman–Crippen MR) is 81.4 cm³/mol. The van der Waals surface area contributed by atoms with Crippen molar-refractivity contribution in [1.29, 1.82) is 0 Å². The monoisotopic (exact) mass is 376 g/mol. The zero-order valence-corrected chi connectivity index (χ0v) is 14.3. The van der Waals surface area contributed by atoms with E-state index in [1.165, 1.54) is 6.07 Å². The van der Waals surface area contributed by atoms with Crippen molar-refractivity contribution in [3.63, 3.8) is 0 Å². The summed E-state index contributed by atoms with van der Waals surface area (Å²) >= 11 is 3.14. The maximum absolute atomic E-state index is 12.4. The number of hydrogen-bond acceptors (Lipinski definition) is 5. The van der Waals surface area contributed by atoms with Gasteiger partial charge in [-0.3, -0.25) is 0 Å². The van der Waals surface area contributed by atoms with Crippen molar-refractivity contribution in [3.05, 3.63) is 40.1 Å². The minimum absolute atomic E-state index is 0.0721. The zero-order chi connectivity index (χ0) is 15.6. The van der Waals surface area contributed by atoms with Crippen molar-refractivity contribution in [3.8, 4) is 0 Å². The summed E-state index contributed by atoms with van der Waals surface area (Å²) in [5, 5.41) is 2.90. The molecule has 0 saturated heterocycles. The molecule has 0 bridgehead atoms. The zero-order valence-electron chi connectivity index (χ0n) is 11.9. The Morgan fingerprint density at radius 1 is 1.33 bits per heavy atom. The van der Waals surface area contributed by atoms with Crippen LogP contribution in [0.3, 0.4) is 0 Å². The lowest BCUT2D eigenvalue weighted by Crippen LogP contribution is -2.26. The molecule has 0 saturated carbocycles. The first-order valence-corrected chi connectivity index (χ1v) is 8.62. The molecule has 2 N–H and O–H groups in total. The Balaban J connectivity index is 2.22. The molecule has 6 nitrogen and oxygen atoms in total. The molecule has 0 fully saturated rings. The van der Waals surface area contributed by atoms with Crippen molar-refractivity contribution in [2.24, 2.45) is 0 Å². The second-order valence-corrected chi connectivity index (χ2v) is 7.08. The predicted octanol–water partition coefficient (Wildman–Crippen LogP) is 2.70. The van der Waals surface area contributed by atoms with Crippen LogP contribution in [0.4, 0.5) is 0 Å². The van der Waals surface area contributed by atoms with Gasteiger partial charge >= 0.3 is 0 Å². The van der Waals surface area contributed by atoms with Gasteiger partial charge in [-0.15, -0.1) is 0 Å². The number of nitrogens with one attached hydrogen (secondary N) is 2. The van der Waals surface area contributed by atoms with Crippen LogP contribution in [-0.2, 0) is 16.6 Å². The van der Waals surface area contributed by atoms with Crippen LogP contribution in [0.25, 0.3) is 0 Å². The lowest BCUT2D eigenvalue weighted by atomic mass is 10.3. The van der Waals surface area contributed by atoms with Gasteiger partial charge in [0.25, 0.3) is 0 Å². The van der Waals surface area contributed by atoms with Crippen molar-refractivity contribution < 1.29 is 17.3 Å². The van der Waals surface area contributed by atoms with Gasteiger partial charge in [-0.2, -0.15) is 0 Å². The summed E-state index contributed by atoms with van der Waals surface area (Å²) in [7, 11) is -1.95. The largest absolute Gasteiger partial charge is 0.465 e. The van der Waals surface area contributed by atoms with Crippen LogP contribution in [0.1, 0.15) is 30.2 Å². The molecule has 2 heterocycles. The number of hydrogen-bond donors (Lipinski definition) is 2. The molecule has 2 aromatic heterocycles. The Morgan fingerprint density at radius 2 is 2.05 bits per heavy atom. The highest BCUT2D eigenvalue weighted by Crippen LogP contribution is 2.27. The van der Waals surface area contributed by atoms with Gasteiger partial charge in [0, 0.05) is 6.07 Å². The molecule has 2 aromatic rings. The van der Waals surface area contributed by atoms with Gasteiger partial charge in [0.05, 0.1) is 12.6 Å². The first-order chi connectivity index (χ1) is 9.83. The molecule has 0 spiro atoms. The summed E-state index contributed by atoms with van der Waals surface area (Å²) < 4.78 is 38.3. The number of halogens is 1. The number of aryl methyl sites for hydroxylation is 1. The Hall–Kier alpha value is -1.09. The maximum Gasteiger partial charge on any atom is 0.245 e. The topological polar surface area (TPSA) is 84.5 Å². The Labute approximate surface area is 132 Å². The summed E-state index contributed by atoms with van der Waals surface area (Å²) in [5.41, 5.74) is 0. The van der Waals surface area contributed by atoms with E-state index in [1.54, 1.807) is 33.0 Å². The van der Waals surface area contributed by atoms with Crippen LogP contribution in [0, 0.1) is 6.92 Å². The Morgan fingerprint density at radius 3 is 2.62 bits per heavy atom. The highest BCUT2D eigenvalue weighted by Gasteiger charge is 2.25. The summed E-state index contributed by atoms with van der Waals surface area (Å²) in [6.07, 6.45) is 0. The van der Waals surface area contributed by atoms with E-state index < -0.39 is 16.1 Å². The lowest BCUT2D eigenvalue weighted by Gasteiger charge is -2.11. The summed E-state index contributed by atoms with van der Waals surface area (Å²) in [6.45, 7) is 3.97. The number of sulfonamides is 1. The molecule has 0 aliphatic carbocycles. The minimum Gasteiger partial charge on any atom is -0.465 e. The summed E-state index contributed by atoms with van der Waals surface area (Å²) in [4.78, 5) is 0.0721. The van der Waals surface area contributed by atoms with E-state index >= 15 is 0 Å². The molecule has 2 rings (SSSR count). The third kappa shape index (κ3) is 3.76. The molecule has 0 aromatic carbocycles. The van der Waals surface area contributed by atoms with Crippen LogP contribution < -0.4 is 10.0 Å². The molecule has 1 atom stereocenters. The standard InChI is InChI=1S/C13H17BrN2O4S/c1-8-4-5-11(19-8)9(2)16-21(17,18)12-6-10(7-15-3)20-13(12)14/h4-6,9,15-16H,7H2,1-3H3. The van der Waals surface area contributed by atoms with Crippen LogP contribution in [-0.4, -0.2) is 15.5 Å². The second kappa shape index (κ2) is 6.35. The van der Waals surface area contributed by atoms with Crippen molar-refractivity contribution in [1.82, 2.24) is 10.0 Å². The molecular formula is C13H17BrN2O4S. The van der Waals surface area contributed by atoms with E-state index in [2.05, 4.69) is 26.0 Å². The number of furan rings is 2. The molecule has 0 aliphatic heterocycles. The first-order valence-electron chi connectivity index (χ1n) is 6.35. The average Bonchev–Trinajstić information content (AvgIpc) is 2.96. The smallest absolute Gasteiger partial charge is 0.245 e. The highest BCUT2D eigenvalue weighted by molar-refractivity contribution is 9.10. The van der Waals surface area contributed by atoms with Crippen molar-refractivity contribution >= 4 is 26.0 Å². The molecule has 0 aliphatic rings. The lowest BCUT2D eigenvalue weighted by molar-refractivity contribution is 0.440. The van der Waals surface area contributed by atoms with Gasteiger partial charge in [0.1, 0.15) is 22.2 Å². The SMILES string of the molecule is CNCc1cc(S(=O)(=O)NC(C)c2ccc(C)o2)c(Br)o1. The molecule has 0 amide bonds. The second-order valence-electron chi connectivity index (χ2n) is 4.67. The highest BCUT2D eigenvalue weighted by atomic mass is 79.9. The molecule has 0 radical (unpaired) electrons. The van der Waals surface area contributed by atoms with Gasteiger partial charge in [-0.25, -0.2) is 13.1 Å². The average molecular weight is 377 g/mol. The van der Waals surface area contributed by atoms with Gasteiger partial charge in [-0.1, -0.05) is 0 Å². The van der Waals surface area contributed by atoms with Crippen LogP contribution in [0.5, 0.6) is 0 Å². The first kappa shape index (κ1) is 16.3. The fraction of sp³-hybridized carbons (Fsp3) is 0.385. The van der Waals surface area contributed by atoms with Crippen LogP contribution in [0.2, 0.25) is 0 Å². The van der Waals surface area contributed by atoms with E-state index in [0.29, 0.717) is 18.1 Å². The summed E-state index contributed by atoms with van der Waals surface area (Å²) in [6, 6.07) is 4.56. The van der Waals surface area contributed by atoms with E-state index in [4.69, 9.17) is 8.83 Å². The minimum atomic E-state index is -3.70. The van der Waals surface area contributed by atoms with Gasteiger partial charge in [0.15, 0.2) is 4.67 Å². The maximum atomic E-state index is 12.4. The van der Waals surface area contributed by atoms with E-state index in [9.17, 15) is 8.42 Å². The molecular weight excluding hydrogens is 360 g/mol. The van der Waals surface area contributed by atoms with E-state index in [0.717, 1.165) is 5.76 Å². The van der Waals surface area contributed by atoms with E-state index in [1.807, 2.05) is 0 Å². The third-order valence-electron chi connectivity index (χ3n) is 2.87. The fourth-order valence-electron chi connectivity index (χ4n) is 1.88. The normalized spacial score (nSPS) is 13.5. The molecule has 21 heavy (non-hydrogen) atoms. The Kier molecular flexibility index (Phi) is 4.92. The molecule has 1 unspecified atom stereocenters. The Bertz CT molecular complexity index is 720. The van der Waals surface area contributed by atoms with Crippen molar-refractivity contribution in [2.45, 2.75) is 31.3 Å². The molecule has 116 valence electrons. The van der Waals surface area contributed by atoms with Crippen LogP contribution >= 0.6 is 15.9 Å². The van der Waals surface area contributed by atoms with Gasteiger partial charge in [0.2, 0.25) is 10.0 Å². The summed E-state index contributed by atoms with van der Waals surface area (Å²) in [5.74, 6) is 1.83. The number of rotatable bonds is 6. The molecule has 8 heteroatoms. The third-order valence-corrected chi connectivity index (χ3v) is 5.26. The van der Waals surface area contributed by atoms with Crippen LogP contribution in [0.15, 0.2) is 36.6 Å². The van der Waals surface area contributed by atoms with Gasteiger partial charge in [-0.05, 0) is 49.0 Å².